The topological polar surface area (TPSA) is 100 Å². The van der Waals surface area contributed by atoms with Crippen LogP contribution in [0.4, 0.5) is 0 Å². The average molecular weight is 377 g/mol. The number of carbonyl (C=O) groups is 3. The third kappa shape index (κ3) is 3.99. The van der Waals surface area contributed by atoms with Crippen molar-refractivity contribution in [1.29, 1.82) is 0 Å². The summed E-state index contributed by atoms with van der Waals surface area (Å²) in [5.41, 5.74) is 4.02. The summed E-state index contributed by atoms with van der Waals surface area (Å²) in [7, 11) is 1.67. The van der Waals surface area contributed by atoms with Crippen LogP contribution in [0.1, 0.15) is 42.5 Å². The molecule has 0 saturated carbocycles. The highest BCUT2D eigenvalue weighted by atomic mass is 16.5. The van der Waals surface area contributed by atoms with E-state index in [-0.39, 0.29) is 18.2 Å². The molecule has 2 aromatic carbocycles. The molecule has 1 aromatic heterocycles. The molecule has 1 heterocycles. The van der Waals surface area contributed by atoms with Gasteiger partial charge in [0.05, 0.1) is 5.69 Å². The lowest BCUT2D eigenvalue weighted by atomic mass is 10.1. The summed E-state index contributed by atoms with van der Waals surface area (Å²) >= 11 is 0. The fourth-order valence-electron chi connectivity index (χ4n) is 2.82. The molecule has 0 atom stereocenters. The molecule has 0 radical (unpaired) electrons. The summed E-state index contributed by atoms with van der Waals surface area (Å²) in [6.07, 6.45) is 0. The predicted octanol–water partition coefficient (Wildman–Crippen LogP) is 2.31. The van der Waals surface area contributed by atoms with Crippen LogP contribution in [0.2, 0.25) is 0 Å². The summed E-state index contributed by atoms with van der Waals surface area (Å²) in [6, 6.07) is 18.6. The highest BCUT2D eigenvalue weighted by molar-refractivity contribution is 6.09. The minimum Gasteiger partial charge on any atom is -0.347 e. The second-order valence-electron chi connectivity index (χ2n) is 6.18. The molecule has 0 spiro atoms. The Labute approximate surface area is 161 Å². The molecule has 0 aliphatic heterocycles. The standard InChI is InChI=1S/C21H19N3O4/c1-24-17(19(25)15-5-3-2-4-6-15)11-12-18(24)21(27)22-13-14-7-9-16(10-8-14)20(26)23-28/h2-12,28H,13H2,1H3,(H,22,27)(H,23,26). The molecular weight excluding hydrogens is 358 g/mol. The molecule has 0 unspecified atom stereocenters. The first-order valence-corrected chi connectivity index (χ1v) is 8.58. The lowest BCUT2D eigenvalue weighted by Crippen LogP contribution is -2.25. The molecule has 28 heavy (non-hydrogen) atoms. The molecule has 0 aliphatic carbocycles. The Bertz CT molecular complexity index is 1010. The molecule has 3 N–H and O–H groups in total. The molecular formula is C21H19N3O4. The van der Waals surface area contributed by atoms with Crippen LogP contribution in [0.5, 0.6) is 0 Å². The van der Waals surface area contributed by atoms with E-state index in [0.717, 1.165) is 5.56 Å². The second kappa shape index (κ2) is 8.32. The molecule has 0 fully saturated rings. The van der Waals surface area contributed by atoms with Crippen LogP contribution in [0, 0.1) is 0 Å². The van der Waals surface area contributed by atoms with Crippen molar-refractivity contribution in [3.05, 3.63) is 94.8 Å². The molecule has 3 rings (SSSR count). The van der Waals surface area contributed by atoms with Crippen LogP contribution in [0.25, 0.3) is 0 Å². The van der Waals surface area contributed by atoms with Crippen LogP contribution < -0.4 is 10.8 Å². The molecule has 3 aromatic rings. The Morgan fingerprint density at radius 3 is 2.11 bits per heavy atom. The van der Waals surface area contributed by atoms with Gasteiger partial charge in [-0.15, -0.1) is 0 Å². The quantitative estimate of drug-likeness (QED) is 0.349. The van der Waals surface area contributed by atoms with Gasteiger partial charge in [0.25, 0.3) is 11.8 Å². The van der Waals surface area contributed by atoms with Crippen LogP contribution in [-0.2, 0) is 13.6 Å². The molecule has 0 aliphatic rings. The number of carbonyl (C=O) groups excluding carboxylic acids is 3. The van der Waals surface area contributed by atoms with Crippen molar-refractivity contribution in [2.45, 2.75) is 6.54 Å². The lowest BCUT2D eigenvalue weighted by molar-refractivity contribution is 0.0706. The molecule has 142 valence electrons. The van der Waals surface area contributed by atoms with Crippen molar-refractivity contribution in [1.82, 2.24) is 15.4 Å². The number of aromatic nitrogens is 1. The third-order valence-corrected chi connectivity index (χ3v) is 4.39. The van der Waals surface area contributed by atoms with E-state index in [2.05, 4.69) is 5.32 Å². The van der Waals surface area contributed by atoms with E-state index < -0.39 is 5.91 Å². The van der Waals surface area contributed by atoms with Gasteiger partial charge in [-0.25, -0.2) is 5.48 Å². The Morgan fingerprint density at radius 1 is 0.821 bits per heavy atom. The van der Waals surface area contributed by atoms with Gasteiger partial charge in [0.15, 0.2) is 0 Å². The van der Waals surface area contributed by atoms with Crippen LogP contribution in [0.3, 0.4) is 0 Å². The van der Waals surface area contributed by atoms with Crippen molar-refractivity contribution >= 4 is 17.6 Å². The molecule has 0 bridgehead atoms. The van der Waals surface area contributed by atoms with Gasteiger partial charge in [0.1, 0.15) is 5.69 Å². The number of amides is 2. The van der Waals surface area contributed by atoms with Gasteiger partial charge in [-0.3, -0.25) is 19.6 Å². The Kier molecular flexibility index (Phi) is 5.67. The van der Waals surface area contributed by atoms with Crippen LogP contribution in [0.15, 0.2) is 66.7 Å². The largest absolute Gasteiger partial charge is 0.347 e. The van der Waals surface area contributed by atoms with E-state index in [4.69, 9.17) is 5.21 Å². The van der Waals surface area contributed by atoms with Gasteiger partial charge >= 0.3 is 0 Å². The van der Waals surface area contributed by atoms with Crippen molar-refractivity contribution in [2.24, 2.45) is 7.05 Å². The summed E-state index contributed by atoms with van der Waals surface area (Å²) in [4.78, 5) is 36.4. The smallest absolute Gasteiger partial charge is 0.274 e. The predicted molar refractivity (Wildman–Crippen MR) is 102 cm³/mol. The monoisotopic (exact) mass is 377 g/mol. The van der Waals surface area contributed by atoms with Gasteiger partial charge in [-0.05, 0) is 29.8 Å². The van der Waals surface area contributed by atoms with E-state index in [1.807, 2.05) is 6.07 Å². The zero-order valence-corrected chi connectivity index (χ0v) is 15.2. The van der Waals surface area contributed by atoms with Crippen molar-refractivity contribution in [3.63, 3.8) is 0 Å². The minimum atomic E-state index is -0.602. The van der Waals surface area contributed by atoms with E-state index in [0.29, 0.717) is 22.5 Å². The van der Waals surface area contributed by atoms with Crippen LogP contribution >= 0.6 is 0 Å². The van der Waals surface area contributed by atoms with Gasteiger partial charge in [-0.2, -0.15) is 0 Å². The van der Waals surface area contributed by atoms with Crippen LogP contribution in [-0.4, -0.2) is 27.4 Å². The highest BCUT2D eigenvalue weighted by Gasteiger charge is 2.18. The summed E-state index contributed by atoms with van der Waals surface area (Å²) in [5, 5.41) is 11.4. The first-order valence-electron chi connectivity index (χ1n) is 8.58. The van der Waals surface area contributed by atoms with Gasteiger partial charge in [0.2, 0.25) is 5.78 Å². The Morgan fingerprint density at radius 2 is 1.46 bits per heavy atom. The number of hydroxylamine groups is 1. The second-order valence-corrected chi connectivity index (χ2v) is 6.18. The number of nitrogens with zero attached hydrogens (tertiary/aromatic N) is 1. The maximum atomic E-state index is 12.6. The van der Waals surface area contributed by atoms with Gasteiger partial charge < -0.3 is 9.88 Å². The SMILES string of the molecule is Cn1c(C(=O)NCc2ccc(C(=O)NO)cc2)ccc1C(=O)c1ccccc1. The maximum Gasteiger partial charge on any atom is 0.274 e. The number of nitrogens with one attached hydrogen (secondary N) is 2. The van der Waals surface area contributed by atoms with E-state index in [1.165, 1.54) is 0 Å². The van der Waals surface area contributed by atoms with E-state index in [1.54, 1.807) is 77.8 Å². The summed E-state index contributed by atoms with van der Waals surface area (Å²) in [6.45, 7) is 0.257. The van der Waals surface area contributed by atoms with E-state index >= 15 is 0 Å². The minimum absolute atomic E-state index is 0.153. The van der Waals surface area contributed by atoms with Crippen molar-refractivity contribution in [3.8, 4) is 0 Å². The molecule has 7 heteroatoms. The number of hydrogen-bond acceptors (Lipinski definition) is 4. The Balaban J connectivity index is 1.68. The summed E-state index contributed by atoms with van der Waals surface area (Å²) in [5.74, 6) is -1.07. The number of rotatable bonds is 6. The highest BCUT2D eigenvalue weighted by Crippen LogP contribution is 2.13. The summed E-state index contributed by atoms with van der Waals surface area (Å²) < 4.78 is 1.57. The van der Waals surface area contributed by atoms with Crippen molar-refractivity contribution in [2.75, 3.05) is 0 Å². The van der Waals surface area contributed by atoms with E-state index in [9.17, 15) is 14.4 Å². The maximum absolute atomic E-state index is 12.6. The molecule has 2 amide bonds. The first kappa shape index (κ1) is 19.1. The fourth-order valence-corrected chi connectivity index (χ4v) is 2.82. The zero-order chi connectivity index (χ0) is 20.1. The Hall–Kier alpha value is -3.71. The zero-order valence-electron chi connectivity index (χ0n) is 15.2. The first-order chi connectivity index (χ1) is 13.5. The van der Waals surface area contributed by atoms with Gasteiger partial charge in [0, 0.05) is 24.7 Å². The van der Waals surface area contributed by atoms with Gasteiger partial charge in [-0.1, -0.05) is 42.5 Å². The third-order valence-electron chi connectivity index (χ3n) is 4.39. The number of hydrogen-bond donors (Lipinski definition) is 3. The molecule has 7 nitrogen and oxygen atoms in total. The normalized spacial score (nSPS) is 10.4. The fraction of sp³-hybridized carbons (Fsp3) is 0.0952. The molecule has 0 saturated heterocycles. The average Bonchev–Trinajstić information content (AvgIpc) is 3.13. The number of benzene rings is 2. The van der Waals surface area contributed by atoms with Crippen molar-refractivity contribution < 1.29 is 19.6 Å². The lowest BCUT2D eigenvalue weighted by Gasteiger charge is -2.09. The number of ketones is 1.